The molecule has 0 amide bonds. The Hall–Kier alpha value is -2.87. The molecule has 0 aromatic heterocycles. The third-order valence-electron chi connectivity index (χ3n) is 4.83. The Bertz CT molecular complexity index is 1260. The van der Waals surface area contributed by atoms with E-state index in [0.29, 0.717) is 16.6 Å². The zero-order valence-electron chi connectivity index (χ0n) is 16.2. The quantitative estimate of drug-likeness (QED) is 0.447. The zero-order valence-corrected chi connectivity index (χ0v) is 18.5. The van der Waals surface area contributed by atoms with E-state index in [-0.39, 0.29) is 16.8 Å². The molecule has 1 aliphatic heterocycles. The fraction of sp³-hybridized carbons (Fsp3) is 0.0909. The lowest BCUT2D eigenvalue weighted by molar-refractivity contribution is 0.470. The van der Waals surface area contributed by atoms with Gasteiger partial charge in [-0.2, -0.15) is 13.5 Å². The van der Waals surface area contributed by atoms with Crippen LogP contribution in [0.25, 0.3) is 0 Å². The van der Waals surface area contributed by atoms with Crippen molar-refractivity contribution >= 4 is 44.9 Å². The van der Waals surface area contributed by atoms with Gasteiger partial charge >= 0.3 is 0 Å². The maximum Gasteiger partial charge on any atom is 0.285 e. The minimum absolute atomic E-state index is 0.0383. The number of guanidine groups is 1. The van der Waals surface area contributed by atoms with Gasteiger partial charge in [0, 0.05) is 16.0 Å². The molecule has 3 aromatic carbocycles. The van der Waals surface area contributed by atoms with Gasteiger partial charge in [0.15, 0.2) is 0 Å². The number of rotatable bonds is 4. The predicted octanol–water partition coefficient (Wildman–Crippen LogP) is 4.50. The maximum atomic E-state index is 12.7. The van der Waals surface area contributed by atoms with E-state index >= 15 is 0 Å². The number of benzene rings is 3. The van der Waals surface area contributed by atoms with Crippen LogP contribution in [0.2, 0.25) is 10.0 Å². The van der Waals surface area contributed by atoms with E-state index in [0.717, 1.165) is 16.8 Å². The molecule has 1 atom stereocenters. The van der Waals surface area contributed by atoms with Gasteiger partial charge in [-0.3, -0.25) is 0 Å². The van der Waals surface area contributed by atoms with Crippen LogP contribution in [-0.4, -0.2) is 31.6 Å². The molecule has 158 valence electrons. The Balaban J connectivity index is 1.71. The van der Waals surface area contributed by atoms with Crippen molar-refractivity contribution in [2.45, 2.75) is 10.8 Å². The highest BCUT2D eigenvalue weighted by Gasteiger charge is 2.31. The first-order chi connectivity index (χ1) is 14.8. The van der Waals surface area contributed by atoms with Gasteiger partial charge in [-0.25, -0.2) is 5.01 Å². The predicted molar refractivity (Wildman–Crippen MR) is 124 cm³/mol. The second kappa shape index (κ2) is 8.70. The smallest absolute Gasteiger partial charge is 0.285 e. The van der Waals surface area contributed by atoms with Crippen LogP contribution in [0.5, 0.6) is 0 Å². The molecule has 0 fully saturated rings. The average molecular weight is 473 g/mol. The third kappa shape index (κ3) is 4.74. The Morgan fingerprint density at radius 1 is 0.968 bits per heavy atom. The summed E-state index contributed by atoms with van der Waals surface area (Å²) in [4.78, 5) is -0.0383. The molecule has 2 N–H and O–H groups in total. The van der Waals surface area contributed by atoms with Crippen LogP contribution in [-0.2, 0) is 10.0 Å². The highest BCUT2D eigenvalue weighted by molar-refractivity contribution is 7.90. The first-order valence-electron chi connectivity index (χ1n) is 9.36. The number of halogens is 2. The lowest BCUT2D eigenvalue weighted by Gasteiger charge is -2.15. The van der Waals surface area contributed by atoms with Crippen molar-refractivity contribution in [3.63, 3.8) is 0 Å². The van der Waals surface area contributed by atoms with Crippen LogP contribution in [0.15, 0.2) is 93.3 Å². The van der Waals surface area contributed by atoms with Gasteiger partial charge in [0.25, 0.3) is 10.0 Å². The Kier molecular flexibility index (Phi) is 6.00. The molecule has 0 bridgehead atoms. The van der Waals surface area contributed by atoms with Crippen molar-refractivity contribution in [1.82, 2.24) is 5.01 Å². The largest absolute Gasteiger partial charge is 0.367 e. The van der Waals surface area contributed by atoms with E-state index in [2.05, 4.69) is 9.50 Å². The van der Waals surface area contributed by atoms with Crippen LogP contribution in [0, 0.1) is 0 Å². The summed E-state index contributed by atoms with van der Waals surface area (Å²) in [5.41, 5.74) is 8.73. The topological polar surface area (TPSA) is 88.1 Å². The summed E-state index contributed by atoms with van der Waals surface area (Å²) in [5, 5.41) is 6.92. The van der Waals surface area contributed by atoms with Crippen molar-refractivity contribution in [3.05, 3.63) is 100 Å². The van der Waals surface area contributed by atoms with Gasteiger partial charge < -0.3 is 5.73 Å². The van der Waals surface area contributed by atoms with E-state index in [4.69, 9.17) is 28.9 Å². The van der Waals surface area contributed by atoms with Gasteiger partial charge in [0.2, 0.25) is 5.96 Å². The lowest BCUT2D eigenvalue weighted by Crippen LogP contribution is -2.33. The average Bonchev–Trinajstić information content (AvgIpc) is 3.20. The number of hydrogen-bond donors (Lipinski definition) is 1. The van der Waals surface area contributed by atoms with Crippen LogP contribution >= 0.6 is 23.2 Å². The van der Waals surface area contributed by atoms with Crippen LogP contribution in [0.3, 0.4) is 0 Å². The van der Waals surface area contributed by atoms with E-state index in [9.17, 15) is 8.42 Å². The molecular formula is C22H18Cl2N4O2S. The number of nitrogens with zero attached hydrogens (tertiary/aromatic N) is 3. The monoisotopic (exact) mass is 472 g/mol. The maximum absolute atomic E-state index is 12.7. The summed E-state index contributed by atoms with van der Waals surface area (Å²) in [6.45, 7) is 0.350. The number of hydrogen-bond acceptors (Lipinski definition) is 3. The van der Waals surface area contributed by atoms with Crippen molar-refractivity contribution in [1.29, 1.82) is 0 Å². The second-order valence-corrected chi connectivity index (χ2v) is 9.40. The van der Waals surface area contributed by atoms with Gasteiger partial charge in [-0.15, -0.1) is 4.40 Å². The van der Waals surface area contributed by atoms with E-state index in [1.807, 2.05) is 42.5 Å². The summed E-state index contributed by atoms with van der Waals surface area (Å²) >= 11 is 11.9. The minimum Gasteiger partial charge on any atom is -0.367 e. The van der Waals surface area contributed by atoms with Crippen molar-refractivity contribution in [2.75, 3.05) is 6.54 Å². The molecule has 0 radical (unpaired) electrons. The summed E-state index contributed by atoms with van der Waals surface area (Å²) in [6, 6.07) is 23.0. The van der Waals surface area contributed by atoms with Gasteiger partial charge in [-0.1, -0.05) is 71.7 Å². The van der Waals surface area contributed by atoms with Gasteiger partial charge in [-0.05, 0) is 41.5 Å². The molecular weight excluding hydrogens is 455 g/mol. The van der Waals surface area contributed by atoms with Gasteiger partial charge in [0.1, 0.15) is 0 Å². The Morgan fingerprint density at radius 2 is 1.68 bits per heavy atom. The summed E-state index contributed by atoms with van der Waals surface area (Å²) < 4.78 is 29.1. The van der Waals surface area contributed by atoms with E-state index in [1.54, 1.807) is 24.3 Å². The van der Waals surface area contributed by atoms with Crippen LogP contribution in [0.4, 0.5) is 0 Å². The summed E-state index contributed by atoms with van der Waals surface area (Å²) in [7, 11) is -4.04. The molecule has 1 aliphatic rings. The molecule has 0 saturated heterocycles. The summed E-state index contributed by atoms with van der Waals surface area (Å²) in [6.07, 6.45) is 0. The van der Waals surface area contributed by atoms with Crippen molar-refractivity contribution in [2.24, 2.45) is 15.2 Å². The molecule has 6 nitrogen and oxygen atoms in total. The number of sulfonamides is 1. The van der Waals surface area contributed by atoms with Gasteiger partial charge in [0.05, 0.1) is 17.2 Å². The van der Waals surface area contributed by atoms with Crippen LogP contribution < -0.4 is 5.73 Å². The minimum atomic E-state index is -4.04. The molecule has 0 aliphatic carbocycles. The highest BCUT2D eigenvalue weighted by atomic mass is 35.5. The lowest BCUT2D eigenvalue weighted by atomic mass is 9.91. The zero-order chi connectivity index (χ0) is 22.0. The van der Waals surface area contributed by atoms with Crippen molar-refractivity contribution < 1.29 is 8.42 Å². The summed E-state index contributed by atoms with van der Waals surface area (Å²) in [5.74, 6) is -0.338. The standard InChI is InChI=1S/C22H18Cl2N4O2S/c23-17-11-9-16(10-12-17)21-20(15-5-2-1-3-6-15)14-28(26-21)22(25)27-31(29,30)19-8-4-7-18(24)13-19/h1-13,20H,14H2,(H2,25,27). The molecule has 9 heteroatoms. The Morgan fingerprint density at radius 3 is 2.35 bits per heavy atom. The van der Waals surface area contributed by atoms with Crippen LogP contribution in [0.1, 0.15) is 17.0 Å². The molecule has 1 unspecified atom stereocenters. The first kappa shape index (κ1) is 21.4. The van der Waals surface area contributed by atoms with Crippen molar-refractivity contribution in [3.8, 4) is 0 Å². The highest BCUT2D eigenvalue weighted by Crippen LogP contribution is 2.29. The SMILES string of the molecule is NC(=NS(=O)(=O)c1cccc(Cl)c1)N1CC(c2ccccc2)C(c2ccc(Cl)cc2)=N1. The molecule has 31 heavy (non-hydrogen) atoms. The molecule has 0 saturated carbocycles. The number of nitrogens with two attached hydrogens (primary N) is 1. The van der Waals surface area contributed by atoms with E-state index in [1.165, 1.54) is 17.1 Å². The molecule has 4 rings (SSSR count). The second-order valence-electron chi connectivity index (χ2n) is 6.92. The molecule has 1 heterocycles. The van der Waals surface area contributed by atoms with E-state index < -0.39 is 10.0 Å². The normalized spacial score (nSPS) is 17.0. The molecule has 3 aromatic rings. The fourth-order valence-electron chi connectivity index (χ4n) is 3.32. The fourth-order valence-corrected chi connectivity index (χ4v) is 4.68. The third-order valence-corrected chi connectivity index (χ3v) is 6.59. The number of hydrazone groups is 1. The first-order valence-corrected chi connectivity index (χ1v) is 11.6. The Labute approximate surface area is 190 Å². The molecule has 0 spiro atoms.